The highest BCUT2D eigenvalue weighted by Gasteiger charge is 2.21. The zero-order chi connectivity index (χ0) is 25.5. The Morgan fingerprint density at radius 3 is 2.51 bits per heavy atom. The first-order chi connectivity index (χ1) is 16.8. The summed E-state index contributed by atoms with van der Waals surface area (Å²) < 4.78 is 7.51. The van der Waals surface area contributed by atoms with Crippen LogP contribution in [-0.4, -0.2) is 33.0 Å². The van der Waals surface area contributed by atoms with Crippen LogP contribution >= 0.6 is 11.6 Å². The number of hydrogen-bond donors (Lipinski definition) is 1. The Labute approximate surface area is 208 Å². The van der Waals surface area contributed by atoms with Crippen LogP contribution in [0.2, 0.25) is 5.15 Å². The third-order valence-corrected chi connectivity index (χ3v) is 6.00. The van der Waals surface area contributed by atoms with Gasteiger partial charge in [0.05, 0.1) is 30.4 Å². The number of ether oxygens (including phenoxy) is 1. The number of aromatic nitrogens is 2. The molecule has 0 saturated carbocycles. The topological polar surface area (TPSA) is 129 Å². The number of hydrogen-bond acceptors (Lipinski definition) is 6. The monoisotopic (exact) mass is 490 g/mol. The van der Waals surface area contributed by atoms with Gasteiger partial charge >= 0.3 is 5.97 Å². The molecule has 0 bridgehead atoms. The summed E-state index contributed by atoms with van der Waals surface area (Å²) in [5.74, 6) is -2.40. The summed E-state index contributed by atoms with van der Waals surface area (Å²) in [7, 11) is 0. The lowest BCUT2D eigenvalue weighted by molar-refractivity contribution is -0.149. The minimum Gasteiger partial charge on any atom is -0.475 e. The fraction of sp³-hybridized carbons (Fsp3) is 0.269. The predicted molar refractivity (Wildman–Crippen MR) is 129 cm³/mol. The molecule has 3 aromatic rings. The molecule has 0 fully saturated rings. The summed E-state index contributed by atoms with van der Waals surface area (Å²) in [6, 6.07) is 13.5. The molecule has 0 atom stereocenters. The average molecular weight is 491 g/mol. The van der Waals surface area contributed by atoms with Crippen LogP contribution in [0.1, 0.15) is 47.0 Å². The molecule has 9 heteroatoms. The predicted octanol–water partition coefficient (Wildman–Crippen LogP) is 4.43. The van der Waals surface area contributed by atoms with Gasteiger partial charge in [0, 0.05) is 41.7 Å². The summed E-state index contributed by atoms with van der Waals surface area (Å²) in [5.41, 5.74) is 6.12. The Morgan fingerprint density at radius 2 is 1.91 bits per heavy atom. The number of nitriles is 2. The van der Waals surface area contributed by atoms with Crippen LogP contribution in [0, 0.1) is 29.6 Å². The summed E-state index contributed by atoms with van der Waals surface area (Å²) in [6.45, 7) is 4.45. The van der Waals surface area contributed by atoms with Crippen molar-refractivity contribution in [3.63, 3.8) is 0 Å². The van der Waals surface area contributed by atoms with Gasteiger partial charge in [0.1, 0.15) is 11.2 Å². The second-order valence-electron chi connectivity index (χ2n) is 7.85. The van der Waals surface area contributed by atoms with E-state index in [9.17, 15) is 14.9 Å². The molecular formula is C26H23ClN4O4. The largest absolute Gasteiger partial charge is 0.475 e. The van der Waals surface area contributed by atoms with Gasteiger partial charge in [-0.1, -0.05) is 30.7 Å². The standard InChI is InChI=1S/C26H23ClN4O4/c1-3-22-21(12-29)24(19-6-4-17(11-28)5-7-19)16(2)31(22)14-18-10-20(25(27)30-13-18)15-35-9-8-23(32)26(33)34/h4-7,10,13H,3,8-9,14-15H2,1-2H3,(H,33,34). The molecule has 35 heavy (non-hydrogen) atoms. The molecule has 2 aromatic heterocycles. The number of aliphatic carboxylic acids is 1. The number of nitrogens with zero attached hydrogens (tertiary/aromatic N) is 4. The summed E-state index contributed by atoms with van der Waals surface area (Å²) in [4.78, 5) is 26.1. The lowest BCUT2D eigenvalue weighted by Crippen LogP contribution is -2.14. The van der Waals surface area contributed by atoms with Gasteiger partial charge in [-0.15, -0.1) is 0 Å². The Kier molecular flexibility index (Phi) is 8.38. The quantitative estimate of drug-likeness (QED) is 0.253. The molecule has 0 amide bonds. The Hall–Kier alpha value is -3.98. The fourth-order valence-corrected chi connectivity index (χ4v) is 4.09. The van der Waals surface area contributed by atoms with Crippen LogP contribution < -0.4 is 0 Å². The number of Topliss-reactive ketones (excluding diaryl/α,β-unsaturated/α-hetero) is 1. The summed E-state index contributed by atoms with van der Waals surface area (Å²) in [5, 5.41) is 27.9. The van der Waals surface area contributed by atoms with Gasteiger partial charge in [0.15, 0.2) is 0 Å². The van der Waals surface area contributed by atoms with E-state index in [1.807, 2.05) is 32.0 Å². The van der Waals surface area contributed by atoms with Gasteiger partial charge in [0.25, 0.3) is 0 Å². The highest BCUT2D eigenvalue weighted by Crippen LogP contribution is 2.33. The van der Waals surface area contributed by atoms with E-state index >= 15 is 0 Å². The second-order valence-corrected chi connectivity index (χ2v) is 8.21. The number of pyridine rings is 1. The molecule has 1 N–H and O–H groups in total. The highest BCUT2D eigenvalue weighted by atomic mass is 35.5. The lowest BCUT2D eigenvalue weighted by atomic mass is 9.99. The van der Waals surface area contributed by atoms with Gasteiger partial charge in [-0.25, -0.2) is 9.78 Å². The van der Waals surface area contributed by atoms with E-state index in [1.54, 1.807) is 18.3 Å². The van der Waals surface area contributed by atoms with Crippen LogP contribution in [-0.2, 0) is 33.9 Å². The number of carbonyl (C=O) groups is 2. The first-order valence-corrected chi connectivity index (χ1v) is 11.3. The number of rotatable bonds is 10. The molecule has 0 spiro atoms. The summed E-state index contributed by atoms with van der Waals surface area (Å²) >= 11 is 6.21. The van der Waals surface area contributed by atoms with Crippen molar-refractivity contribution in [1.29, 1.82) is 10.5 Å². The number of carboxylic acid groups (broad SMARTS) is 1. The third kappa shape index (κ3) is 5.75. The van der Waals surface area contributed by atoms with Crippen molar-refractivity contribution in [3.8, 4) is 23.3 Å². The maximum Gasteiger partial charge on any atom is 0.372 e. The normalized spacial score (nSPS) is 10.5. The number of carboxylic acids is 1. The Balaban J connectivity index is 1.88. The van der Waals surface area contributed by atoms with Crippen molar-refractivity contribution in [2.75, 3.05) is 6.61 Å². The maximum atomic E-state index is 11.2. The molecular weight excluding hydrogens is 468 g/mol. The highest BCUT2D eigenvalue weighted by molar-refractivity contribution is 6.32. The van der Waals surface area contributed by atoms with Gasteiger partial charge in [-0.2, -0.15) is 10.5 Å². The molecule has 0 aliphatic heterocycles. The maximum absolute atomic E-state index is 11.2. The van der Waals surface area contributed by atoms with E-state index in [-0.39, 0.29) is 24.8 Å². The number of ketones is 1. The van der Waals surface area contributed by atoms with Crippen molar-refractivity contribution in [2.24, 2.45) is 0 Å². The zero-order valence-electron chi connectivity index (χ0n) is 19.3. The van der Waals surface area contributed by atoms with Crippen LogP contribution in [0.3, 0.4) is 0 Å². The van der Waals surface area contributed by atoms with Crippen LogP contribution in [0.5, 0.6) is 0 Å². The molecule has 8 nitrogen and oxygen atoms in total. The third-order valence-electron chi connectivity index (χ3n) is 5.66. The molecule has 0 unspecified atom stereocenters. The Bertz CT molecular complexity index is 1350. The molecule has 3 rings (SSSR count). The van der Waals surface area contributed by atoms with Crippen LogP contribution in [0.15, 0.2) is 36.5 Å². The van der Waals surface area contributed by atoms with E-state index in [1.165, 1.54) is 0 Å². The lowest BCUT2D eigenvalue weighted by Gasteiger charge is -2.13. The minimum absolute atomic E-state index is 0.0398. The van der Waals surface area contributed by atoms with E-state index < -0.39 is 11.8 Å². The molecule has 0 radical (unpaired) electrons. The van der Waals surface area contributed by atoms with Gasteiger partial charge in [0.2, 0.25) is 5.78 Å². The molecule has 0 aliphatic rings. The fourth-order valence-electron chi connectivity index (χ4n) is 3.93. The molecule has 0 aliphatic carbocycles. The van der Waals surface area contributed by atoms with Crippen molar-refractivity contribution < 1.29 is 19.4 Å². The van der Waals surface area contributed by atoms with Crippen molar-refractivity contribution in [1.82, 2.24) is 9.55 Å². The average Bonchev–Trinajstić information content (AvgIpc) is 3.13. The first-order valence-electron chi connectivity index (χ1n) is 10.9. The van der Waals surface area contributed by atoms with E-state index in [2.05, 4.69) is 21.7 Å². The summed E-state index contributed by atoms with van der Waals surface area (Å²) in [6.07, 6.45) is 2.08. The van der Waals surface area contributed by atoms with Gasteiger partial charge in [-0.05, 0) is 42.7 Å². The number of benzene rings is 1. The van der Waals surface area contributed by atoms with Crippen molar-refractivity contribution in [2.45, 2.75) is 39.8 Å². The molecule has 0 saturated heterocycles. The first kappa shape index (κ1) is 25.6. The smallest absolute Gasteiger partial charge is 0.372 e. The second kappa shape index (κ2) is 11.4. The molecule has 1 aromatic carbocycles. The van der Waals surface area contributed by atoms with Gasteiger partial charge in [-0.3, -0.25) is 4.79 Å². The Morgan fingerprint density at radius 1 is 1.20 bits per heavy atom. The van der Waals surface area contributed by atoms with Gasteiger partial charge < -0.3 is 14.4 Å². The van der Waals surface area contributed by atoms with E-state index in [4.69, 9.17) is 26.7 Å². The molecule has 2 heterocycles. The van der Waals surface area contributed by atoms with E-state index in [0.29, 0.717) is 29.7 Å². The SMILES string of the molecule is CCc1c(C#N)c(-c2ccc(C#N)cc2)c(C)n1Cc1cnc(Cl)c(COCCC(=O)C(=O)O)c1. The molecule has 178 valence electrons. The van der Waals surface area contributed by atoms with Crippen molar-refractivity contribution in [3.05, 3.63) is 75.3 Å². The minimum atomic E-state index is -1.48. The number of halogens is 1. The zero-order valence-corrected chi connectivity index (χ0v) is 20.1. The van der Waals surface area contributed by atoms with E-state index in [0.717, 1.165) is 28.1 Å². The van der Waals surface area contributed by atoms with Crippen molar-refractivity contribution >= 4 is 23.4 Å². The van der Waals surface area contributed by atoms with Crippen LogP contribution in [0.25, 0.3) is 11.1 Å². The number of carbonyl (C=O) groups excluding carboxylic acids is 1. The van der Waals surface area contributed by atoms with Crippen LogP contribution in [0.4, 0.5) is 0 Å².